The van der Waals surface area contributed by atoms with E-state index in [1.165, 1.54) is 4.90 Å². The Morgan fingerprint density at radius 3 is 2.62 bits per heavy atom. The predicted molar refractivity (Wildman–Crippen MR) is 81.3 cm³/mol. The lowest BCUT2D eigenvalue weighted by atomic mass is 10.4. The lowest BCUT2D eigenvalue weighted by Gasteiger charge is -2.16. The Bertz CT molecular complexity index is 486. The van der Waals surface area contributed by atoms with Crippen molar-refractivity contribution in [3.63, 3.8) is 0 Å². The number of urea groups is 1. The van der Waals surface area contributed by atoms with Crippen LogP contribution in [0.15, 0.2) is 0 Å². The van der Waals surface area contributed by atoms with Gasteiger partial charge in [0, 0.05) is 40.3 Å². The van der Waals surface area contributed by atoms with Crippen molar-refractivity contribution in [2.45, 2.75) is 12.8 Å². The lowest BCUT2D eigenvalue weighted by Crippen LogP contribution is -2.37. The van der Waals surface area contributed by atoms with Gasteiger partial charge in [-0.15, -0.1) is 0 Å². The van der Waals surface area contributed by atoms with E-state index in [1.54, 1.807) is 14.1 Å². The summed E-state index contributed by atoms with van der Waals surface area (Å²) in [5.41, 5.74) is 5.71. The summed E-state index contributed by atoms with van der Waals surface area (Å²) >= 11 is 0. The van der Waals surface area contributed by atoms with Crippen molar-refractivity contribution in [1.82, 2.24) is 25.2 Å². The van der Waals surface area contributed by atoms with E-state index >= 15 is 0 Å². The third-order valence-corrected chi connectivity index (χ3v) is 3.12. The number of rotatable bonds is 5. The first-order valence-electron chi connectivity index (χ1n) is 7.02. The summed E-state index contributed by atoms with van der Waals surface area (Å²) in [6.45, 7) is 2.88. The highest BCUT2D eigenvalue weighted by atomic mass is 16.2. The van der Waals surface area contributed by atoms with Crippen LogP contribution < -0.4 is 21.3 Å². The molecule has 0 bridgehead atoms. The van der Waals surface area contributed by atoms with Crippen molar-refractivity contribution in [3.8, 4) is 0 Å². The Kier molecular flexibility index (Phi) is 4.96. The number of nitrogens with one attached hydrogen (secondary N) is 2. The maximum absolute atomic E-state index is 11.4. The van der Waals surface area contributed by atoms with E-state index in [4.69, 9.17) is 5.73 Å². The van der Waals surface area contributed by atoms with E-state index in [2.05, 4.69) is 30.5 Å². The van der Waals surface area contributed by atoms with Crippen LogP contribution >= 0.6 is 0 Å². The molecule has 0 aliphatic carbocycles. The molecule has 116 valence electrons. The normalized spacial score (nSPS) is 14.1. The number of anilines is 3. The minimum Gasteiger partial charge on any atom is -0.368 e. The molecule has 9 nitrogen and oxygen atoms in total. The smallest absolute Gasteiger partial charge is 0.316 e. The summed E-state index contributed by atoms with van der Waals surface area (Å²) < 4.78 is 0. The lowest BCUT2D eigenvalue weighted by molar-refractivity contribution is 0.218. The fraction of sp³-hybridized carbons (Fsp3) is 0.667. The van der Waals surface area contributed by atoms with Gasteiger partial charge >= 0.3 is 6.03 Å². The molecule has 1 aliphatic heterocycles. The zero-order valence-corrected chi connectivity index (χ0v) is 12.5. The average Bonchev–Trinajstić information content (AvgIpc) is 2.96. The van der Waals surface area contributed by atoms with Crippen LogP contribution in [0, 0.1) is 0 Å². The molecular weight excluding hydrogens is 272 g/mol. The van der Waals surface area contributed by atoms with E-state index in [-0.39, 0.29) is 12.0 Å². The Balaban J connectivity index is 1.86. The zero-order valence-electron chi connectivity index (χ0n) is 12.5. The number of amides is 2. The van der Waals surface area contributed by atoms with Crippen LogP contribution in [0.1, 0.15) is 12.8 Å². The molecule has 0 unspecified atom stereocenters. The molecule has 0 aromatic carbocycles. The first kappa shape index (κ1) is 15.1. The van der Waals surface area contributed by atoms with E-state index in [0.29, 0.717) is 25.0 Å². The van der Waals surface area contributed by atoms with Crippen molar-refractivity contribution < 1.29 is 4.79 Å². The second-order valence-electron chi connectivity index (χ2n) is 5.06. The fourth-order valence-electron chi connectivity index (χ4n) is 2.02. The van der Waals surface area contributed by atoms with E-state index in [9.17, 15) is 4.79 Å². The highest BCUT2D eigenvalue weighted by Gasteiger charge is 2.16. The summed E-state index contributed by atoms with van der Waals surface area (Å²) in [7, 11) is 3.38. The molecule has 0 atom stereocenters. The number of hydrogen-bond acceptors (Lipinski definition) is 7. The van der Waals surface area contributed by atoms with E-state index in [0.717, 1.165) is 25.9 Å². The number of hydrogen-bond donors (Lipinski definition) is 3. The monoisotopic (exact) mass is 294 g/mol. The average molecular weight is 294 g/mol. The number of carbonyl (C=O) groups is 1. The number of aromatic nitrogens is 3. The number of nitrogen functional groups attached to an aromatic ring is 1. The molecule has 1 aromatic heterocycles. The minimum absolute atomic E-state index is 0.135. The van der Waals surface area contributed by atoms with Gasteiger partial charge in [-0.25, -0.2) is 4.79 Å². The van der Waals surface area contributed by atoms with Crippen molar-refractivity contribution in [3.05, 3.63) is 0 Å². The van der Waals surface area contributed by atoms with Gasteiger partial charge in [0.15, 0.2) is 0 Å². The van der Waals surface area contributed by atoms with Crippen molar-refractivity contribution >= 4 is 23.9 Å². The van der Waals surface area contributed by atoms with Crippen LogP contribution in [0.4, 0.5) is 22.6 Å². The van der Waals surface area contributed by atoms with Crippen LogP contribution in [-0.2, 0) is 0 Å². The van der Waals surface area contributed by atoms with Crippen molar-refractivity contribution in [2.24, 2.45) is 0 Å². The summed E-state index contributed by atoms with van der Waals surface area (Å²) in [6, 6.07) is -0.135. The molecule has 1 saturated heterocycles. The summed E-state index contributed by atoms with van der Waals surface area (Å²) in [4.78, 5) is 27.5. The number of carbonyl (C=O) groups excluding carboxylic acids is 1. The van der Waals surface area contributed by atoms with Gasteiger partial charge in [0.2, 0.25) is 17.8 Å². The second kappa shape index (κ2) is 6.91. The van der Waals surface area contributed by atoms with Gasteiger partial charge in [-0.2, -0.15) is 15.0 Å². The van der Waals surface area contributed by atoms with Crippen LogP contribution in [0.3, 0.4) is 0 Å². The molecule has 9 heteroatoms. The van der Waals surface area contributed by atoms with Gasteiger partial charge in [0.1, 0.15) is 0 Å². The topological polar surface area (TPSA) is 112 Å². The highest BCUT2D eigenvalue weighted by Crippen LogP contribution is 2.17. The standard InChI is InChI=1S/C12H22N8O/c1-19(2)12(21)15-6-5-14-10-16-9(13)17-11(18-10)20-7-3-4-8-20/h3-8H2,1-2H3,(H,15,21)(H3,13,14,16,17,18). The molecule has 1 aromatic rings. The maximum Gasteiger partial charge on any atom is 0.316 e. The fourth-order valence-corrected chi connectivity index (χ4v) is 2.02. The molecule has 0 saturated carbocycles. The van der Waals surface area contributed by atoms with Gasteiger partial charge in [0.05, 0.1) is 0 Å². The molecule has 0 radical (unpaired) electrons. The van der Waals surface area contributed by atoms with Crippen molar-refractivity contribution in [1.29, 1.82) is 0 Å². The van der Waals surface area contributed by atoms with Gasteiger partial charge in [0.25, 0.3) is 0 Å². The second-order valence-corrected chi connectivity index (χ2v) is 5.06. The minimum atomic E-state index is -0.135. The Morgan fingerprint density at radius 2 is 1.95 bits per heavy atom. The molecule has 0 spiro atoms. The Hall–Kier alpha value is -2.32. The van der Waals surface area contributed by atoms with E-state index < -0.39 is 0 Å². The number of nitrogens with zero attached hydrogens (tertiary/aromatic N) is 5. The molecule has 2 heterocycles. The summed E-state index contributed by atoms with van der Waals surface area (Å²) in [5.74, 6) is 1.25. The Morgan fingerprint density at radius 1 is 1.24 bits per heavy atom. The van der Waals surface area contributed by atoms with Gasteiger partial charge < -0.3 is 26.2 Å². The SMILES string of the molecule is CN(C)C(=O)NCCNc1nc(N)nc(N2CCCC2)n1. The first-order valence-corrected chi connectivity index (χ1v) is 7.02. The van der Waals surface area contributed by atoms with Gasteiger partial charge in [-0.3, -0.25) is 0 Å². The van der Waals surface area contributed by atoms with Gasteiger partial charge in [-0.05, 0) is 12.8 Å². The number of nitrogens with two attached hydrogens (primary N) is 1. The van der Waals surface area contributed by atoms with Crippen LogP contribution in [0.5, 0.6) is 0 Å². The van der Waals surface area contributed by atoms with Crippen LogP contribution in [-0.4, -0.2) is 66.2 Å². The zero-order chi connectivity index (χ0) is 15.2. The quantitative estimate of drug-likeness (QED) is 0.641. The third kappa shape index (κ3) is 4.33. The molecule has 21 heavy (non-hydrogen) atoms. The predicted octanol–water partition coefficient (Wildman–Crippen LogP) is -0.263. The maximum atomic E-state index is 11.4. The molecule has 4 N–H and O–H groups in total. The summed E-state index contributed by atoms with van der Waals surface area (Å²) in [6.07, 6.45) is 2.29. The summed E-state index contributed by atoms with van der Waals surface area (Å²) in [5, 5.41) is 5.79. The Labute approximate surface area is 123 Å². The van der Waals surface area contributed by atoms with E-state index in [1.807, 2.05) is 0 Å². The molecule has 1 fully saturated rings. The molecule has 2 rings (SSSR count). The van der Waals surface area contributed by atoms with Gasteiger partial charge in [-0.1, -0.05) is 0 Å². The third-order valence-electron chi connectivity index (χ3n) is 3.12. The highest BCUT2D eigenvalue weighted by molar-refractivity contribution is 5.73. The molecule has 2 amide bonds. The largest absolute Gasteiger partial charge is 0.368 e. The first-order chi connectivity index (χ1) is 10.1. The molecular formula is C12H22N8O. The van der Waals surface area contributed by atoms with Crippen LogP contribution in [0.25, 0.3) is 0 Å². The van der Waals surface area contributed by atoms with Crippen LogP contribution in [0.2, 0.25) is 0 Å². The molecule has 1 aliphatic rings. The van der Waals surface area contributed by atoms with Crippen molar-refractivity contribution in [2.75, 3.05) is 56.2 Å².